The van der Waals surface area contributed by atoms with Gasteiger partial charge in [-0.1, -0.05) is 18.2 Å². The van der Waals surface area contributed by atoms with Gasteiger partial charge in [0.1, 0.15) is 5.82 Å². The maximum Gasteiger partial charge on any atom is 0.282 e. The smallest absolute Gasteiger partial charge is 0.280 e. The van der Waals surface area contributed by atoms with Crippen molar-refractivity contribution in [3.63, 3.8) is 0 Å². The van der Waals surface area contributed by atoms with Crippen LogP contribution in [0.3, 0.4) is 0 Å². The first-order valence-corrected chi connectivity index (χ1v) is 5.54. The van der Waals surface area contributed by atoms with Gasteiger partial charge in [0.15, 0.2) is 5.65 Å². The van der Waals surface area contributed by atoms with Crippen molar-refractivity contribution >= 4 is 11.0 Å². The minimum Gasteiger partial charge on any atom is -0.280 e. The van der Waals surface area contributed by atoms with E-state index in [0.717, 1.165) is 5.69 Å². The van der Waals surface area contributed by atoms with Crippen LogP contribution in [0.5, 0.6) is 0 Å². The van der Waals surface area contributed by atoms with Crippen LogP contribution in [-0.4, -0.2) is 19.7 Å². The van der Waals surface area contributed by atoms with Gasteiger partial charge in [0.2, 0.25) is 0 Å². The number of hydrogen-bond acceptors (Lipinski definition) is 4. The van der Waals surface area contributed by atoms with E-state index in [1.54, 1.807) is 13.0 Å². The summed E-state index contributed by atoms with van der Waals surface area (Å²) in [4.78, 5) is 15.8. The molecule has 0 saturated heterocycles. The highest BCUT2D eigenvalue weighted by molar-refractivity contribution is 5.75. The number of aryl methyl sites for hydroxylation is 1. The van der Waals surface area contributed by atoms with Crippen molar-refractivity contribution in [1.29, 1.82) is 0 Å². The molecule has 0 N–H and O–H groups in total. The van der Waals surface area contributed by atoms with Crippen LogP contribution in [0.25, 0.3) is 16.7 Å². The Kier molecular flexibility index (Phi) is 2.37. The van der Waals surface area contributed by atoms with Crippen LogP contribution in [0.2, 0.25) is 0 Å². The molecule has 2 aromatic heterocycles. The van der Waals surface area contributed by atoms with Gasteiger partial charge in [0.05, 0.1) is 11.6 Å². The number of para-hydroxylation sites is 1. The third kappa shape index (κ3) is 1.57. The lowest BCUT2D eigenvalue weighted by molar-refractivity contribution is 0.893. The van der Waals surface area contributed by atoms with Gasteiger partial charge in [-0.05, 0) is 25.1 Å². The highest BCUT2D eigenvalue weighted by atomic mass is 16.1. The Morgan fingerprint density at radius 1 is 1.11 bits per heavy atom. The molecule has 0 amide bonds. The van der Waals surface area contributed by atoms with Gasteiger partial charge in [-0.15, -0.1) is 5.10 Å². The highest BCUT2D eigenvalue weighted by Crippen LogP contribution is 2.14. The second-order valence-corrected chi connectivity index (χ2v) is 3.90. The van der Waals surface area contributed by atoms with Crippen LogP contribution in [0, 0.1) is 6.92 Å². The van der Waals surface area contributed by atoms with Crippen LogP contribution in [0.15, 0.2) is 47.4 Å². The molecule has 0 atom stereocenters. The van der Waals surface area contributed by atoms with Gasteiger partial charge in [-0.25, -0.2) is 0 Å². The maximum atomic E-state index is 11.8. The molecule has 3 aromatic rings. The van der Waals surface area contributed by atoms with E-state index in [1.165, 1.54) is 6.20 Å². The number of nitrogens with zero attached hydrogens (tertiary/aromatic N) is 4. The molecular weight excluding hydrogens is 228 g/mol. The van der Waals surface area contributed by atoms with Crippen molar-refractivity contribution in [2.24, 2.45) is 0 Å². The molecule has 5 heteroatoms. The summed E-state index contributed by atoms with van der Waals surface area (Å²) >= 11 is 0. The van der Waals surface area contributed by atoms with E-state index in [4.69, 9.17) is 0 Å². The second-order valence-electron chi connectivity index (χ2n) is 3.90. The molecule has 0 radical (unpaired) electrons. The van der Waals surface area contributed by atoms with Gasteiger partial charge in [-0.3, -0.25) is 9.36 Å². The lowest BCUT2D eigenvalue weighted by atomic mass is 10.3. The molecule has 0 unspecified atom stereocenters. The van der Waals surface area contributed by atoms with Gasteiger partial charge in [-0.2, -0.15) is 10.1 Å². The molecule has 0 aliphatic heterocycles. The molecule has 0 aliphatic rings. The van der Waals surface area contributed by atoms with Crippen molar-refractivity contribution < 1.29 is 0 Å². The molecule has 2 heterocycles. The molecular formula is C13H10N4O. The molecule has 0 spiro atoms. The summed E-state index contributed by atoms with van der Waals surface area (Å²) < 4.78 is 1.82. The zero-order chi connectivity index (χ0) is 12.5. The van der Waals surface area contributed by atoms with Crippen molar-refractivity contribution in [1.82, 2.24) is 19.7 Å². The number of hydrogen-bond donors (Lipinski definition) is 0. The van der Waals surface area contributed by atoms with E-state index in [0.29, 0.717) is 16.9 Å². The summed E-state index contributed by atoms with van der Waals surface area (Å²) in [7, 11) is 0. The quantitative estimate of drug-likeness (QED) is 0.644. The van der Waals surface area contributed by atoms with Crippen molar-refractivity contribution in [3.05, 3.63) is 58.8 Å². The molecule has 0 saturated carbocycles. The van der Waals surface area contributed by atoms with Crippen LogP contribution < -0.4 is 5.56 Å². The van der Waals surface area contributed by atoms with Gasteiger partial charge in [0, 0.05) is 5.69 Å². The number of rotatable bonds is 1. The zero-order valence-electron chi connectivity index (χ0n) is 9.74. The van der Waals surface area contributed by atoms with Gasteiger partial charge < -0.3 is 0 Å². The Labute approximate surface area is 103 Å². The van der Waals surface area contributed by atoms with E-state index < -0.39 is 0 Å². The summed E-state index contributed by atoms with van der Waals surface area (Å²) in [5.41, 5.74) is 1.17. The first-order chi connectivity index (χ1) is 8.77. The van der Waals surface area contributed by atoms with E-state index in [9.17, 15) is 4.79 Å². The molecule has 0 aliphatic carbocycles. The van der Waals surface area contributed by atoms with Crippen molar-refractivity contribution in [3.8, 4) is 5.69 Å². The summed E-state index contributed by atoms with van der Waals surface area (Å²) in [6.45, 7) is 1.78. The van der Waals surface area contributed by atoms with Crippen LogP contribution in [0.4, 0.5) is 0 Å². The van der Waals surface area contributed by atoms with E-state index in [-0.39, 0.29) is 5.56 Å². The molecule has 18 heavy (non-hydrogen) atoms. The second kappa shape index (κ2) is 4.03. The summed E-state index contributed by atoms with van der Waals surface area (Å²) in [5.74, 6) is 0.596. The van der Waals surface area contributed by atoms with Crippen molar-refractivity contribution in [2.45, 2.75) is 6.92 Å². The third-order valence-electron chi connectivity index (χ3n) is 2.74. The Bertz CT molecular complexity index is 765. The highest BCUT2D eigenvalue weighted by Gasteiger charge is 2.10. The largest absolute Gasteiger partial charge is 0.282 e. The average molecular weight is 238 g/mol. The predicted octanol–water partition coefficient (Wildman–Crippen LogP) is 1.48. The molecule has 3 rings (SSSR count). The number of fused-ring (bicyclic) bond motifs is 1. The van der Waals surface area contributed by atoms with E-state index in [2.05, 4.69) is 15.2 Å². The Morgan fingerprint density at radius 3 is 2.67 bits per heavy atom. The zero-order valence-corrected chi connectivity index (χ0v) is 9.74. The molecule has 1 aromatic carbocycles. The fourth-order valence-corrected chi connectivity index (χ4v) is 1.95. The number of benzene rings is 1. The van der Waals surface area contributed by atoms with Crippen LogP contribution in [-0.2, 0) is 0 Å². The Balaban J connectivity index is 2.46. The summed E-state index contributed by atoms with van der Waals surface area (Å²) in [6.07, 6.45) is 1.50. The van der Waals surface area contributed by atoms with E-state index in [1.807, 2.05) is 34.9 Å². The first kappa shape index (κ1) is 10.6. The Morgan fingerprint density at radius 2 is 1.89 bits per heavy atom. The summed E-state index contributed by atoms with van der Waals surface area (Å²) in [5, 5.41) is 8.37. The van der Waals surface area contributed by atoms with Crippen molar-refractivity contribution in [2.75, 3.05) is 0 Å². The normalized spacial score (nSPS) is 10.7. The molecule has 0 bridgehead atoms. The lowest BCUT2D eigenvalue weighted by Gasteiger charge is -2.11. The SMILES string of the molecule is Cc1nc(=O)c2ccnnc2n1-c1ccccc1. The topological polar surface area (TPSA) is 60.7 Å². The monoisotopic (exact) mass is 238 g/mol. The number of aromatic nitrogens is 4. The first-order valence-electron chi connectivity index (χ1n) is 5.54. The summed E-state index contributed by atoms with van der Waals surface area (Å²) in [6, 6.07) is 11.3. The third-order valence-corrected chi connectivity index (χ3v) is 2.74. The maximum absolute atomic E-state index is 11.8. The molecule has 5 nitrogen and oxygen atoms in total. The van der Waals surface area contributed by atoms with Gasteiger partial charge >= 0.3 is 0 Å². The molecule has 88 valence electrons. The van der Waals surface area contributed by atoms with E-state index >= 15 is 0 Å². The average Bonchev–Trinajstić information content (AvgIpc) is 2.40. The Hall–Kier alpha value is -2.56. The lowest BCUT2D eigenvalue weighted by Crippen LogP contribution is -2.17. The minimum atomic E-state index is -0.274. The minimum absolute atomic E-state index is 0.274. The fourth-order valence-electron chi connectivity index (χ4n) is 1.95. The predicted molar refractivity (Wildman–Crippen MR) is 67.7 cm³/mol. The van der Waals surface area contributed by atoms with Gasteiger partial charge in [0.25, 0.3) is 5.56 Å². The molecule has 0 fully saturated rings. The standard InChI is InChI=1S/C13H10N4O/c1-9-15-13(18)11-7-8-14-16-12(11)17(9)10-5-3-2-4-6-10/h2-8H,1H3. The fraction of sp³-hybridized carbons (Fsp3) is 0.0769. The van der Waals surface area contributed by atoms with Crippen LogP contribution >= 0.6 is 0 Å². The van der Waals surface area contributed by atoms with Crippen LogP contribution in [0.1, 0.15) is 5.82 Å².